The molecule has 1 rings (SSSR count). The van der Waals surface area contributed by atoms with E-state index in [-0.39, 0.29) is 24.0 Å². The largest absolute Gasteiger partial charge is 0.370 e. The second-order valence-electron chi connectivity index (χ2n) is 4.33. The first-order chi connectivity index (χ1) is 8.09. The SMILES string of the molecule is CC(C)N(C)CCN=C(N)Nc1ccccc1.I. The molecule has 5 heteroatoms. The van der Waals surface area contributed by atoms with Crippen LogP contribution in [0.4, 0.5) is 5.69 Å². The molecule has 3 N–H and O–H groups in total. The van der Waals surface area contributed by atoms with Gasteiger partial charge in [-0.2, -0.15) is 0 Å². The molecule has 0 atom stereocenters. The highest BCUT2D eigenvalue weighted by Gasteiger charge is 2.01. The van der Waals surface area contributed by atoms with Gasteiger partial charge in [-0.15, -0.1) is 24.0 Å². The van der Waals surface area contributed by atoms with E-state index in [0.717, 1.165) is 12.2 Å². The van der Waals surface area contributed by atoms with E-state index in [1.54, 1.807) is 0 Å². The topological polar surface area (TPSA) is 53.6 Å². The van der Waals surface area contributed by atoms with E-state index in [1.807, 2.05) is 30.3 Å². The lowest BCUT2D eigenvalue weighted by Crippen LogP contribution is -2.30. The van der Waals surface area contributed by atoms with Gasteiger partial charge in [-0.25, -0.2) is 0 Å². The quantitative estimate of drug-likeness (QED) is 0.480. The van der Waals surface area contributed by atoms with Gasteiger partial charge in [-0.3, -0.25) is 4.99 Å². The number of halogens is 1. The van der Waals surface area contributed by atoms with Crippen LogP contribution in [0.5, 0.6) is 0 Å². The summed E-state index contributed by atoms with van der Waals surface area (Å²) in [6, 6.07) is 10.3. The molecule has 0 fully saturated rings. The zero-order valence-electron chi connectivity index (χ0n) is 11.3. The van der Waals surface area contributed by atoms with Crippen molar-refractivity contribution in [3.05, 3.63) is 30.3 Å². The van der Waals surface area contributed by atoms with Crippen LogP contribution in [-0.2, 0) is 0 Å². The molecule has 0 aliphatic heterocycles. The molecule has 4 nitrogen and oxygen atoms in total. The molecule has 0 spiro atoms. The second kappa shape index (κ2) is 9.16. The fourth-order valence-corrected chi connectivity index (χ4v) is 1.30. The van der Waals surface area contributed by atoms with Gasteiger partial charge in [-0.05, 0) is 33.0 Å². The Morgan fingerprint density at radius 2 is 1.94 bits per heavy atom. The van der Waals surface area contributed by atoms with Crippen molar-refractivity contribution in [3.63, 3.8) is 0 Å². The first kappa shape index (κ1) is 17.2. The number of likely N-dealkylation sites (N-methyl/N-ethyl adjacent to an activating group) is 1. The van der Waals surface area contributed by atoms with Gasteiger partial charge in [0.1, 0.15) is 0 Å². The van der Waals surface area contributed by atoms with Crippen molar-refractivity contribution in [3.8, 4) is 0 Å². The summed E-state index contributed by atoms with van der Waals surface area (Å²) in [6.07, 6.45) is 0. The summed E-state index contributed by atoms with van der Waals surface area (Å²) in [7, 11) is 2.08. The minimum Gasteiger partial charge on any atom is -0.370 e. The predicted octanol–water partition coefficient (Wildman–Crippen LogP) is 2.37. The molecule has 0 radical (unpaired) electrons. The number of nitrogens with two attached hydrogens (primary N) is 1. The molecule has 0 heterocycles. The number of guanidine groups is 1. The maximum Gasteiger partial charge on any atom is 0.193 e. The molecule has 0 aliphatic carbocycles. The van der Waals surface area contributed by atoms with E-state index < -0.39 is 0 Å². The van der Waals surface area contributed by atoms with E-state index in [0.29, 0.717) is 18.5 Å². The van der Waals surface area contributed by atoms with E-state index >= 15 is 0 Å². The van der Waals surface area contributed by atoms with Crippen molar-refractivity contribution in [1.29, 1.82) is 0 Å². The van der Waals surface area contributed by atoms with Crippen molar-refractivity contribution in [2.45, 2.75) is 19.9 Å². The number of hydrogen-bond acceptors (Lipinski definition) is 2. The Morgan fingerprint density at radius 3 is 2.50 bits per heavy atom. The highest BCUT2D eigenvalue weighted by atomic mass is 127. The molecule has 0 aromatic heterocycles. The van der Waals surface area contributed by atoms with E-state index in [4.69, 9.17) is 5.73 Å². The van der Waals surface area contributed by atoms with Crippen molar-refractivity contribution in [2.24, 2.45) is 10.7 Å². The second-order valence-corrected chi connectivity index (χ2v) is 4.33. The van der Waals surface area contributed by atoms with Crippen LogP contribution in [-0.4, -0.2) is 37.0 Å². The summed E-state index contributed by atoms with van der Waals surface area (Å²) in [5.41, 5.74) is 6.75. The van der Waals surface area contributed by atoms with Gasteiger partial charge in [0.2, 0.25) is 0 Å². The molecular weight excluding hydrogens is 339 g/mol. The molecule has 1 aromatic carbocycles. The highest BCUT2D eigenvalue weighted by Crippen LogP contribution is 2.03. The Kier molecular flexibility index (Phi) is 8.74. The van der Waals surface area contributed by atoms with Gasteiger partial charge in [0.15, 0.2) is 5.96 Å². The zero-order chi connectivity index (χ0) is 12.7. The Balaban J connectivity index is 0.00000289. The Hall–Kier alpha value is -0.820. The van der Waals surface area contributed by atoms with Crippen LogP contribution >= 0.6 is 24.0 Å². The molecular formula is C13H23IN4. The number of aliphatic imine (C=N–C) groups is 1. The van der Waals surface area contributed by atoms with Crippen LogP contribution in [0.25, 0.3) is 0 Å². The highest BCUT2D eigenvalue weighted by molar-refractivity contribution is 14.0. The Bertz CT molecular complexity index is 351. The van der Waals surface area contributed by atoms with Gasteiger partial charge < -0.3 is 16.0 Å². The van der Waals surface area contributed by atoms with Crippen molar-refractivity contribution in [2.75, 3.05) is 25.5 Å². The number of para-hydroxylation sites is 1. The van der Waals surface area contributed by atoms with Crippen molar-refractivity contribution >= 4 is 35.6 Å². The number of nitrogens with zero attached hydrogens (tertiary/aromatic N) is 2. The Labute approximate surface area is 127 Å². The summed E-state index contributed by atoms with van der Waals surface area (Å²) in [6.45, 7) is 5.94. The van der Waals surface area contributed by atoms with E-state index in [9.17, 15) is 0 Å². The molecule has 0 saturated carbocycles. The van der Waals surface area contributed by atoms with Gasteiger partial charge >= 0.3 is 0 Å². The first-order valence-corrected chi connectivity index (χ1v) is 5.92. The van der Waals surface area contributed by atoms with Gasteiger partial charge in [-0.1, -0.05) is 18.2 Å². The number of hydrogen-bond donors (Lipinski definition) is 2. The lowest BCUT2D eigenvalue weighted by atomic mass is 10.3. The maximum atomic E-state index is 5.79. The van der Waals surface area contributed by atoms with Crippen LogP contribution in [0.2, 0.25) is 0 Å². The van der Waals surface area contributed by atoms with Crippen LogP contribution in [0.15, 0.2) is 35.3 Å². The lowest BCUT2D eigenvalue weighted by Gasteiger charge is -2.19. The monoisotopic (exact) mass is 362 g/mol. The van der Waals surface area contributed by atoms with Crippen molar-refractivity contribution in [1.82, 2.24) is 4.90 Å². The molecule has 0 aliphatic rings. The minimum absolute atomic E-state index is 0. The van der Waals surface area contributed by atoms with Crippen LogP contribution in [0.3, 0.4) is 0 Å². The third-order valence-corrected chi connectivity index (χ3v) is 2.66. The summed E-state index contributed by atoms with van der Waals surface area (Å²) in [4.78, 5) is 6.52. The number of rotatable bonds is 5. The third kappa shape index (κ3) is 6.80. The van der Waals surface area contributed by atoms with Gasteiger partial charge in [0.25, 0.3) is 0 Å². The van der Waals surface area contributed by atoms with Gasteiger partial charge in [0, 0.05) is 18.3 Å². The fraction of sp³-hybridized carbons (Fsp3) is 0.462. The number of benzene rings is 1. The van der Waals surface area contributed by atoms with Crippen molar-refractivity contribution < 1.29 is 0 Å². The average Bonchev–Trinajstić information content (AvgIpc) is 2.30. The molecule has 1 aromatic rings. The molecule has 18 heavy (non-hydrogen) atoms. The fourth-order valence-electron chi connectivity index (χ4n) is 1.30. The zero-order valence-corrected chi connectivity index (χ0v) is 13.6. The summed E-state index contributed by atoms with van der Waals surface area (Å²) < 4.78 is 0. The molecule has 0 bridgehead atoms. The summed E-state index contributed by atoms with van der Waals surface area (Å²) in [5.74, 6) is 0.466. The average molecular weight is 362 g/mol. The molecule has 0 amide bonds. The van der Waals surface area contributed by atoms with Gasteiger partial charge in [0.05, 0.1) is 6.54 Å². The molecule has 0 saturated heterocycles. The smallest absolute Gasteiger partial charge is 0.193 e. The normalized spacial score (nSPS) is 11.5. The maximum absolute atomic E-state index is 5.79. The van der Waals surface area contributed by atoms with E-state index in [1.165, 1.54) is 0 Å². The minimum atomic E-state index is 0. The van der Waals surface area contributed by atoms with E-state index in [2.05, 4.69) is 36.1 Å². The third-order valence-electron chi connectivity index (χ3n) is 2.66. The first-order valence-electron chi connectivity index (χ1n) is 5.92. The van der Waals surface area contributed by atoms with Crippen LogP contribution in [0, 0.1) is 0 Å². The number of anilines is 1. The van der Waals surface area contributed by atoms with Crippen LogP contribution in [0.1, 0.15) is 13.8 Å². The molecule has 0 unspecified atom stereocenters. The standard InChI is InChI=1S/C13H22N4.HI/c1-11(2)17(3)10-9-15-13(14)16-12-7-5-4-6-8-12;/h4-8,11H,9-10H2,1-3H3,(H3,14,15,16);1H. The predicted molar refractivity (Wildman–Crippen MR) is 89.7 cm³/mol. The lowest BCUT2D eigenvalue weighted by molar-refractivity contribution is 0.282. The summed E-state index contributed by atoms with van der Waals surface area (Å²) >= 11 is 0. The summed E-state index contributed by atoms with van der Waals surface area (Å²) in [5, 5.41) is 3.05. The Morgan fingerprint density at radius 1 is 1.33 bits per heavy atom. The molecule has 102 valence electrons. The number of nitrogens with one attached hydrogen (secondary N) is 1. The van der Waals surface area contributed by atoms with Crippen LogP contribution < -0.4 is 11.1 Å².